The molecule has 0 bridgehead atoms. The van der Waals surface area contributed by atoms with Crippen molar-refractivity contribution in [3.05, 3.63) is 107 Å². The van der Waals surface area contributed by atoms with Gasteiger partial charge in [-0.25, -0.2) is 0 Å². The Labute approximate surface area is 297 Å². The molecule has 1 amide bonds. The summed E-state index contributed by atoms with van der Waals surface area (Å²) >= 11 is 0. The first-order valence-corrected chi connectivity index (χ1v) is 18.1. The van der Waals surface area contributed by atoms with Crippen LogP contribution in [0.15, 0.2) is 90.6 Å². The number of unbranched alkanes of at least 4 members (excludes halogenated alkanes) is 1. The monoisotopic (exact) mass is 676 g/mol. The van der Waals surface area contributed by atoms with Crippen LogP contribution >= 0.6 is 0 Å². The second kappa shape index (κ2) is 17.0. The first kappa shape index (κ1) is 35.5. The van der Waals surface area contributed by atoms with Gasteiger partial charge >= 0.3 is 0 Å². The minimum absolute atomic E-state index is 0.0640. The van der Waals surface area contributed by atoms with Crippen LogP contribution in [0.4, 0.5) is 11.4 Å². The number of fused-ring (bicyclic) bond motifs is 1. The number of amides is 1. The molecule has 1 atom stereocenters. The number of ether oxygens (including phenoxy) is 3. The van der Waals surface area contributed by atoms with E-state index in [-0.39, 0.29) is 12.2 Å². The fraction of sp³-hybridized carbons (Fsp3) is 0.405. The second-order valence-corrected chi connectivity index (χ2v) is 13.6. The molecule has 50 heavy (non-hydrogen) atoms. The average Bonchev–Trinajstić information content (AvgIpc) is 3.44. The van der Waals surface area contributed by atoms with Crippen molar-refractivity contribution in [2.45, 2.75) is 71.4 Å². The highest BCUT2D eigenvalue weighted by molar-refractivity contribution is 6.07. The fourth-order valence-corrected chi connectivity index (χ4v) is 6.77. The predicted octanol–water partition coefficient (Wildman–Crippen LogP) is 8.28. The van der Waals surface area contributed by atoms with Crippen LogP contribution in [0.25, 0.3) is 17.2 Å². The Morgan fingerprint density at radius 1 is 1.02 bits per heavy atom. The Morgan fingerprint density at radius 3 is 2.50 bits per heavy atom. The maximum atomic E-state index is 13.8. The summed E-state index contributed by atoms with van der Waals surface area (Å²) in [7, 11) is 4.26. The van der Waals surface area contributed by atoms with Crippen LogP contribution in [0.3, 0.4) is 0 Å². The van der Waals surface area contributed by atoms with Gasteiger partial charge in [-0.3, -0.25) is 9.69 Å². The first-order chi connectivity index (χ1) is 24.4. The van der Waals surface area contributed by atoms with E-state index in [1.54, 1.807) is 0 Å². The molecule has 2 aliphatic rings. The number of anilines is 2. The molecule has 2 aliphatic heterocycles. The number of nitrogens with one attached hydrogen (secondary N) is 1. The van der Waals surface area contributed by atoms with E-state index in [9.17, 15) is 4.79 Å². The molecule has 1 N–H and O–H groups in total. The van der Waals surface area contributed by atoms with E-state index in [1.165, 1.54) is 11.3 Å². The van der Waals surface area contributed by atoms with E-state index in [0.29, 0.717) is 19.1 Å². The Bertz CT molecular complexity index is 1720. The van der Waals surface area contributed by atoms with Crippen molar-refractivity contribution in [2.75, 3.05) is 43.6 Å². The average molecular weight is 677 g/mol. The zero-order chi connectivity index (χ0) is 34.9. The number of aromatic nitrogens is 1. The van der Waals surface area contributed by atoms with Gasteiger partial charge in [-0.05, 0) is 117 Å². The van der Waals surface area contributed by atoms with Gasteiger partial charge in [-0.2, -0.15) is 0 Å². The number of aryl methyl sites for hydroxylation is 1. The summed E-state index contributed by atoms with van der Waals surface area (Å²) < 4.78 is 19.4. The Hall–Kier alpha value is -4.37. The van der Waals surface area contributed by atoms with Crippen LogP contribution in [0.1, 0.15) is 62.8 Å². The van der Waals surface area contributed by atoms with Crippen LogP contribution in [0, 0.1) is 0 Å². The number of benzene rings is 3. The summed E-state index contributed by atoms with van der Waals surface area (Å²) in [5, 5.41) is 3.18. The van der Waals surface area contributed by atoms with Crippen LogP contribution in [-0.4, -0.2) is 61.1 Å². The summed E-state index contributed by atoms with van der Waals surface area (Å²) in [6.45, 7) is 8.82. The van der Waals surface area contributed by atoms with Crippen molar-refractivity contribution in [1.82, 2.24) is 9.47 Å². The summed E-state index contributed by atoms with van der Waals surface area (Å²) in [6, 6.07) is 27.7. The fourth-order valence-electron chi connectivity index (χ4n) is 6.77. The van der Waals surface area contributed by atoms with Crippen LogP contribution < -0.4 is 15.0 Å². The molecule has 4 aromatic rings. The van der Waals surface area contributed by atoms with Gasteiger partial charge in [0.05, 0.1) is 13.2 Å². The number of nitrogens with zero attached hydrogens (tertiary/aromatic N) is 3. The number of rotatable bonds is 14. The molecule has 6 rings (SSSR count). The largest absolute Gasteiger partial charge is 0.465 e. The topological polar surface area (TPSA) is 68.2 Å². The van der Waals surface area contributed by atoms with Crippen molar-refractivity contribution in [3.63, 3.8) is 0 Å². The van der Waals surface area contributed by atoms with Crippen molar-refractivity contribution in [1.29, 1.82) is 0 Å². The lowest BCUT2D eigenvalue weighted by Crippen LogP contribution is -2.36. The molecular formula is C42H52N4O4. The van der Waals surface area contributed by atoms with E-state index in [1.807, 2.05) is 31.2 Å². The Kier molecular flexibility index (Phi) is 12.1. The Morgan fingerprint density at radius 2 is 1.78 bits per heavy atom. The molecule has 0 aliphatic carbocycles. The van der Waals surface area contributed by atoms with Gasteiger partial charge in [0.1, 0.15) is 5.75 Å². The van der Waals surface area contributed by atoms with E-state index < -0.39 is 0 Å². The molecule has 1 aromatic heterocycles. The molecular weight excluding hydrogens is 624 g/mol. The minimum Gasteiger partial charge on any atom is -0.465 e. The zero-order valence-corrected chi connectivity index (χ0v) is 30.1. The smallest absolute Gasteiger partial charge is 0.251 e. The second-order valence-electron chi connectivity index (χ2n) is 13.6. The maximum absolute atomic E-state index is 13.8. The van der Waals surface area contributed by atoms with Gasteiger partial charge in [0.15, 0.2) is 6.29 Å². The summed E-state index contributed by atoms with van der Waals surface area (Å²) in [4.78, 5) is 18.6. The molecule has 8 heteroatoms. The predicted molar refractivity (Wildman–Crippen MR) is 202 cm³/mol. The van der Waals surface area contributed by atoms with Crippen LogP contribution in [0.2, 0.25) is 0 Å². The lowest BCUT2D eigenvalue weighted by Gasteiger charge is -2.31. The van der Waals surface area contributed by atoms with Gasteiger partial charge in [0.25, 0.3) is 5.91 Å². The van der Waals surface area contributed by atoms with Gasteiger partial charge in [0.2, 0.25) is 0 Å². The van der Waals surface area contributed by atoms with Gasteiger partial charge in [-0.1, -0.05) is 43.7 Å². The highest BCUT2D eigenvalue weighted by atomic mass is 16.7. The molecule has 1 saturated heterocycles. The molecule has 1 unspecified atom stereocenters. The third-order valence-corrected chi connectivity index (χ3v) is 9.84. The number of hydrogen-bond acceptors (Lipinski definition) is 6. The van der Waals surface area contributed by atoms with E-state index in [4.69, 9.17) is 14.2 Å². The highest BCUT2D eigenvalue weighted by Gasteiger charge is 2.22. The van der Waals surface area contributed by atoms with Crippen LogP contribution in [-0.2, 0) is 34.4 Å². The first-order valence-electron chi connectivity index (χ1n) is 18.1. The molecule has 3 aromatic carbocycles. The minimum atomic E-state index is -0.299. The van der Waals surface area contributed by atoms with Crippen LogP contribution in [0.5, 0.6) is 5.75 Å². The van der Waals surface area contributed by atoms with Crippen molar-refractivity contribution < 1.29 is 19.0 Å². The number of carbonyl (C=O) groups excluding carboxylic acids is 1. The normalized spacial score (nSPS) is 15.7. The summed E-state index contributed by atoms with van der Waals surface area (Å²) in [5.74, 6) is 0.713. The van der Waals surface area contributed by atoms with Crippen molar-refractivity contribution >= 4 is 23.4 Å². The Balaban J connectivity index is 1.18. The SMILES string of the molecule is CCCCOC(C)Oc1ccc(-c2ccc3c(c2)C=C(C(=O)Nc2ccc(CN(C)C4CCOCC4)cc2)CCN3Cc2cccn2C)cc1. The van der Waals surface area contributed by atoms with E-state index in [2.05, 4.69) is 108 Å². The quantitative estimate of drug-likeness (QED) is 0.107. The van der Waals surface area contributed by atoms with E-state index in [0.717, 1.165) is 97.9 Å². The summed E-state index contributed by atoms with van der Waals surface area (Å²) in [5.41, 5.74) is 8.34. The third-order valence-electron chi connectivity index (χ3n) is 9.84. The molecule has 1 fully saturated rings. The molecule has 0 spiro atoms. The third kappa shape index (κ3) is 9.24. The zero-order valence-electron chi connectivity index (χ0n) is 30.1. The van der Waals surface area contributed by atoms with Crippen molar-refractivity contribution in [2.24, 2.45) is 7.05 Å². The lowest BCUT2D eigenvalue weighted by molar-refractivity contribution is -0.112. The van der Waals surface area contributed by atoms with E-state index >= 15 is 0 Å². The van der Waals surface area contributed by atoms with Gasteiger partial charge in [0, 0.05) is 68.2 Å². The number of carbonyl (C=O) groups is 1. The highest BCUT2D eigenvalue weighted by Crippen LogP contribution is 2.34. The van der Waals surface area contributed by atoms with Crippen molar-refractivity contribution in [3.8, 4) is 16.9 Å². The molecule has 264 valence electrons. The van der Waals surface area contributed by atoms with Gasteiger partial charge in [-0.15, -0.1) is 0 Å². The maximum Gasteiger partial charge on any atom is 0.251 e. The molecule has 0 radical (unpaired) electrons. The standard InChI is InChI=1S/C42H52N4O4/c1-5-6-24-49-31(2)50-40-16-11-33(12-17-40)34-13-18-41-36(27-34)28-35(19-23-46(41)30-39-8-7-22-44(39)3)42(47)43-37-14-9-32(10-15-37)29-45(4)38-20-25-48-26-21-38/h7-18,22,27-28,31,38H,5-6,19-21,23-26,29-30H2,1-4H3,(H,43,47). The lowest BCUT2D eigenvalue weighted by atomic mass is 10.00. The molecule has 3 heterocycles. The summed E-state index contributed by atoms with van der Waals surface area (Å²) in [6.07, 6.45) is 8.75. The van der Waals surface area contributed by atoms with Gasteiger partial charge < -0.3 is 29.0 Å². The molecule has 8 nitrogen and oxygen atoms in total. The number of hydrogen-bond donors (Lipinski definition) is 1. The molecule has 0 saturated carbocycles.